The van der Waals surface area contributed by atoms with Gasteiger partial charge in [0.25, 0.3) is 5.56 Å². The van der Waals surface area contributed by atoms with Gasteiger partial charge in [-0.3, -0.25) is 4.79 Å². The van der Waals surface area contributed by atoms with Crippen LogP contribution in [0.1, 0.15) is 48.1 Å². The second-order valence-electron chi connectivity index (χ2n) is 8.76. The Hall–Kier alpha value is -2.70. The number of benzene rings is 2. The van der Waals surface area contributed by atoms with Crippen LogP contribution >= 0.6 is 12.2 Å². The van der Waals surface area contributed by atoms with Gasteiger partial charge in [0.05, 0.1) is 18.7 Å². The van der Waals surface area contributed by atoms with E-state index in [0.29, 0.717) is 23.8 Å². The fraction of sp³-hybridized carbons (Fsp3) is 0.385. The summed E-state index contributed by atoms with van der Waals surface area (Å²) in [7, 11) is 0. The van der Waals surface area contributed by atoms with E-state index in [-0.39, 0.29) is 17.7 Å². The lowest BCUT2D eigenvalue weighted by Crippen LogP contribution is -2.44. The van der Waals surface area contributed by atoms with Crippen LogP contribution < -0.4 is 10.9 Å². The number of hydrogen-bond donors (Lipinski definition) is 2. The van der Waals surface area contributed by atoms with E-state index in [0.717, 1.165) is 41.5 Å². The molecule has 0 aliphatic carbocycles. The van der Waals surface area contributed by atoms with Gasteiger partial charge in [0, 0.05) is 29.6 Å². The third kappa shape index (κ3) is 5.19. The first-order valence-corrected chi connectivity index (χ1v) is 11.7. The zero-order valence-electron chi connectivity index (χ0n) is 19.0. The normalized spacial score (nSPS) is 16.8. The van der Waals surface area contributed by atoms with Gasteiger partial charge in [0.2, 0.25) is 0 Å². The van der Waals surface area contributed by atoms with Crippen molar-refractivity contribution in [3.05, 3.63) is 81.1 Å². The van der Waals surface area contributed by atoms with Crippen molar-refractivity contribution in [2.75, 3.05) is 13.2 Å². The number of aromatic amines is 1. The largest absolute Gasteiger partial charge is 0.376 e. The number of fused-ring (bicyclic) bond motifs is 1. The van der Waals surface area contributed by atoms with Gasteiger partial charge in [-0.15, -0.1) is 0 Å². The molecule has 0 amide bonds. The first kappa shape index (κ1) is 22.5. The van der Waals surface area contributed by atoms with Crippen molar-refractivity contribution in [1.29, 1.82) is 0 Å². The summed E-state index contributed by atoms with van der Waals surface area (Å²) in [6.45, 7) is 8.10. The number of nitrogens with zero attached hydrogens (tertiary/aromatic N) is 1. The number of rotatable bonds is 6. The zero-order valence-corrected chi connectivity index (χ0v) is 19.8. The average molecular weight is 450 g/mol. The Kier molecular flexibility index (Phi) is 6.92. The van der Waals surface area contributed by atoms with Crippen LogP contribution in [-0.2, 0) is 11.3 Å². The van der Waals surface area contributed by atoms with Crippen LogP contribution in [0, 0.1) is 13.8 Å². The molecule has 168 valence electrons. The van der Waals surface area contributed by atoms with Crippen LogP contribution in [0.25, 0.3) is 10.9 Å². The molecule has 32 heavy (non-hydrogen) atoms. The second kappa shape index (κ2) is 9.84. The van der Waals surface area contributed by atoms with Crippen LogP contribution in [0.5, 0.6) is 0 Å². The molecule has 4 rings (SSSR count). The summed E-state index contributed by atoms with van der Waals surface area (Å²) in [6.07, 6.45) is 2.21. The van der Waals surface area contributed by atoms with E-state index in [1.807, 2.05) is 37.3 Å². The maximum Gasteiger partial charge on any atom is 0.253 e. The van der Waals surface area contributed by atoms with Crippen molar-refractivity contribution in [1.82, 2.24) is 15.2 Å². The Morgan fingerprint density at radius 2 is 2.03 bits per heavy atom. The molecule has 1 aromatic heterocycles. The minimum atomic E-state index is -0.0706. The Bertz CT molecular complexity index is 1150. The van der Waals surface area contributed by atoms with Crippen molar-refractivity contribution < 1.29 is 4.74 Å². The molecule has 0 spiro atoms. The van der Waals surface area contributed by atoms with Crippen LogP contribution in [0.15, 0.2) is 53.3 Å². The number of ether oxygens (including phenoxy) is 1. The zero-order chi connectivity index (χ0) is 22.7. The molecule has 0 bridgehead atoms. The van der Waals surface area contributed by atoms with Gasteiger partial charge in [-0.05, 0) is 74.7 Å². The SMILES string of the molecule is Cc1cc(C)c2cc(CN(C[C@@H]3CCCO3)C(=S)N[C@@H](C)c3ccccc3)c(=O)[nH]c2c1. The van der Waals surface area contributed by atoms with Crippen molar-refractivity contribution in [2.24, 2.45) is 0 Å². The first-order chi connectivity index (χ1) is 15.4. The minimum Gasteiger partial charge on any atom is -0.376 e. The van der Waals surface area contributed by atoms with Crippen LogP contribution in [-0.4, -0.2) is 34.3 Å². The molecule has 1 aliphatic rings. The smallest absolute Gasteiger partial charge is 0.253 e. The van der Waals surface area contributed by atoms with E-state index in [1.54, 1.807) is 0 Å². The Balaban J connectivity index is 1.59. The molecule has 0 saturated carbocycles. The van der Waals surface area contributed by atoms with Gasteiger partial charge >= 0.3 is 0 Å². The maximum atomic E-state index is 12.9. The molecule has 2 aromatic carbocycles. The van der Waals surface area contributed by atoms with E-state index in [9.17, 15) is 4.79 Å². The van der Waals surface area contributed by atoms with E-state index in [1.165, 1.54) is 5.56 Å². The van der Waals surface area contributed by atoms with Gasteiger partial charge in [0.15, 0.2) is 5.11 Å². The van der Waals surface area contributed by atoms with Crippen molar-refractivity contribution >= 4 is 28.2 Å². The molecule has 1 saturated heterocycles. The predicted molar refractivity (Wildman–Crippen MR) is 134 cm³/mol. The fourth-order valence-corrected chi connectivity index (χ4v) is 4.71. The number of H-pyrrole nitrogens is 1. The van der Waals surface area contributed by atoms with Crippen LogP contribution in [0.3, 0.4) is 0 Å². The maximum absolute atomic E-state index is 12.9. The van der Waals surface area contributed by atoms with Crippen LogP contribution in [0.2, 0.25) is 0 Å². The molecule has 0 radical (unpaired) electrons. The number of nitrogens with one attached hydrogen (secondary N) is 2. The Morgan fingerprint density at radius 3 is 2.75 bits per heavy atom. The molecule has 2 atom stereocenters. The van der Waals surface area contributed by atoms with Gasteiger partial charge in [-0.2, -0.15) is 0 Å². The van der Waals surface area contributed by atoms with Crippen LogP contribution in [0.4, 0.5) is 0 Å². The Morgan fingerprint density at radius 1 is 1.25 bits per heavy atom. The molecule has 1 fully saturated rings. The third-order valence-electron chi connectivity index (χ3n) is 6.13. The molecule has 2 N–H and O–H groups in total. The highest BCUT2D eigenvalue weighted by Crippen LogP contribution is 2.21. The summed E-state index contributed by atoms with van der Waals surface area (Å²) >= 11 is 5.81. The minimum absolute atomic E-state index is 0.0656. The lowest BCUT2D eigenvalue weighted by molar-refractivity contribution is 0.0895. The topological polar surface area (TPSA) is 57.4 Å². The third-order valence-corrected chi connectivity index (χ3v) is 6.50. The molecule has 0 unspecified atom stereocenters. The lowest BCUT2D eigenvalue weighted by atomic mass is 10.0. The highest BCUT2D eigenvalue weighted by Gasteiger charge is 2.23. The molecule has 1 aliphatic heterocycles. The fourth-order valence-electron chi connectivity index (χ4n) is 4.39. The summed E-state index contributed by atoms with van der Waals surface area (Å²) in [5, 5.41) is 5.16. The average Bonchev–Trinajstić information content (AvgIpc) is 3.27. The highest BCUT2D eigenvalue weighted by atomic mass is 32.1. The van der Waals surface area contributed by atoms with Gasteiger partial charge < -0.3 is 19.9 Å². The number of pyridine rings is 1. The second-order valence-corrected chi connectivity index (χ2v) is 9.15. The van der Waals surface area contributed by atoms with Gasteiger partial charge in [-0.1, -0.05) is 36.4 Å². The first-order valence-electron chi connectivity index (χ1n) is 11.3. The number of thiocarbonyl (C=S) groups is 1. The lowest BCUT2D eigenvalue weighted by Gasteiger charge is -2.30. The predicted octanol–water partition coefficient (Wildman–Crippen LogP) is 4.76. The van der Waals surface area contributed by atoms with Crippen molar-refractivity contribution in [3.63, 3.8) is 0 Å². The van der Waals surface area contributed by atoms with E-state index in [4.69, 9.17) is 17.0 Å². The summed E-state index contributed by atoms with van der Waals surface area (Å²) in [5.74, 6) is 0. The molecule has 6 heteroatoms. The molecular weight excluding hydrogens is 418 g/mol. The molecule has 3 aromatic rings. The quantitative estimate of drug-likeness (QED) is 0.532. The summed E-state index contributed by atoms with van der Waals surface area (Å²) < 4.78 is 5.88. The Labute approximate surface area is 194 Å². The van der Waals surface area contributed by atoms with E-state index in [2.05, 4.69) is 47.2 Å². The summed E-state index contributed by atoms with van der Waals surface area (Å²) in [5.41, 5.74) is 4.97. The monoisotopic (exact) mass is 449 g/mol. The van der Waals surface area contributed by atoms with E-state index >= 15 is 0 Å². The number of aromatic nitrogens is 1. The molecule has 2 heterocycles. The molecule has 5 nitrogen and oxygen atoms in total. The summed E-state index contributed by atoms with van der Waals surface area (Å²) in [4.78, 5) is 18.1. The van der Waals surface area contributed by atoms with E-state index < -0.39 is 0 Å². The molecular formula is C26H31N3O2S. The van der Waals surface area contributed by atoms with Crippen molar-refractivity contribution in [3.8, 4) is 0 Å². The van der Waals surface area contributed by atoms with Crippen molar-refractivity contribution in [2.45, 2.75) is 52.3 Å². The van der Waals surface area contributed by atoms with Gasteiger partial charge in [-0.25, -0.2) is 0 Å². The highest BCUT2D eigenvalue weighted by molar-refractivity contribution is 7.80. The summed E-state index contributed by atoms with van der Waals surface area (Å²) in [6, 6.07) is 16.5. The van der Waals surface area contributed by atoms with Gasteiger partial charge in [0.1, 0.15) is 0 Å². The number of hydrogen-bond acceptors (Lipinski definition) is 3. The number of aryl methyl sites for hydroxylation is 2. The standard InChI is InChI=1S/C26H31N3O2S/c1-17-12-18(2)23-14-21(25(30)28-24(23)13-17)15-29(16-22-10-7-11-31-22)26(32)27-19(3)20-8-5-4-6-9-20/h4-6,8-9,12-14,19,22H,7,10-11,15-16H2,1-3H3,(H,27,32)(H,28,30)/t19-,22-/m0/s1.